The van der Waals surface area contributed by atoms with Gasteiger partial charge in [0.1, 0.15) is 6.23 Å². The van der Waals surface area contributed by atoms with Gasteiger partial charge in [-0.25, -0.2) is 0 Å². The highest BCUT2D eigenvalue weighted by Gasteiger charge is 2.47. The average Bonchev–Trinajstić information content (AvgIpc) is 2.99. The number of nitrogens with two attached hydrogens (primary N) is 2. The molecule has 2 amide bonds. The molecule has 238 valence electrons. The number of amides is 2. The lowest BCUT2D eigenvalue weighted by Crippen LogP contribution is -2.56. The van der Waals surface area contributed by atoms with Gasteiger partial charge < -0.3 is 21.5 Å². The molecule has 1 aliphatic carbocycles. The summed E-state index contributed by atoms with van der Waals surface area (Å²) in [6.45, 7) is 12.6. The number of nitrogen functional groups attached to an aromatic ring is 1. The third-order valence-corrected chi connectivity index (χ3v) is 9.71. The van der Waals surface area contributed by atoms with Crippen molar-refractivity contribution in [2.24, 2.45) is 22.1 Å². The van der Waals surface area contributed by atoms with Crippen LogP contribution in [0.4, 0.5) is 5.69 Å². The average molecular weight is 620 g/mol. The number of aliphatic hydroxyl groups excluding tert-OH is 1. The summed E-state index contributed by atoms with van der Waals surface area (Å²) in [4.78, 5) is 34.2. The van der Waals surface area contributed by atoms with Crippen LogP contribution in [-0.4, -0.2) is 63.0 Å². The van der Waals surface area contributed by atoms with Gasteiger partial charge in [0, 0.05) is 30.9 Å². The topological polar surface area (TPSA) is 125 Å². The van der Waals surface area contributed by atoms with Crippen molar-refractivity contribution < 1.29 is 14.7 Å². The summed E-state index contributed by atoms with van der Waals surface area (Å²) in [6.07, 6.45) is 16.4. The minimum Gasteiger partial charge on any atom is -0.399 e. The number of benzene rings is 1. The minimum atomic E-state index is -0.904. The van der Waals surface area contributed by atoms with Gasteiger partial charge in [0.05, 0.1) is 16.7 Å². The molecule has 0 saturated heterocycles. The van der Waals surface area contributed by atoms with Gasteiger partial charge in [-0.1, -0.05) is 93.6 Å². The number of hydrogen-bond acceptors (Lipinski definition) is 7. The number of carbonyl (C=O) groups excluding carboxylic acids is 2. The zero-order valence-corrected chi connectivity index (χ0v) is 27.6. The molecule has 5 unspecified atom stereocenters. The SMILES string of the molecule is C=C(/C=C\C=C(/C)N1C(SC(CCCC)C(=O)N(C)CCC(CC)C(N)=O)=NC2C=CC=CC2(C)C1O)c1ccc(N)cc1. The molecular weight excluding hydrogens is 570 g/mol. The fourth-order valence-corrected chi connectivity index (χ4v) is 6.69. The molecule has 1 aromatic rings. The molecule has 5 atom stereocenters. The van der Waals surface area contributed by atoms with Crippen LogP contribution in [0.25, 0.3) is 5.57 Å². The van der Waals surface area contributed by atoms with E-state index in [0.717, 1.165) is 29.7 Å². The van der Waals surface area contributed by atoms with E-state index in [2.05, 4.69) is 13.5 Å². The molecule has 0 aromatic heterocycles. The number of nitrogens with zero attached hydrogens (tertiary/aromatic N) is 3. The van der Waals surface area contributed by atoms with Crippen molar-refractivity contribution in [3.8, 4) is 0 Å². The Morgan fingerprint density at radius 3 is 2.57 bits per heavy atom. The molecule has 44 heavy (non-hydrogen) atoms. The van der Waals surface area contributed by atoms with Crippen LogP contribution >= 0.6 is 11.8 Å². The molecule has 1 heterocycles. The Balaban J connectivity index is 1.90. The summed E-state index contributed by atoms with van der Waals surface area (Å²) >= 11 is 1.40. The van der Waals surface area contributed by atoms with Crippen LogP contribution in [0.15, 0.2) is 84.1 Å². The molecular formula is C35H49N5O3S. The molecule has 2 aliphatic rings. The maximum atomic E-state index is 13.8. The quantitative estimate of drug-likeness (QED) is 0.176. The third-order valence-electron chi connectivity index (χ3n) is 8.48. The number of rotatable bonds is 14. The van der Waals surface area contributed by atoms with E-state index in [1.165, 1.54) is 11.8 Å². The van der Waals surface area contributed by atoms with Gasteiger partial charge in [-0.15, -0.1) is 0 Å². The fourth-order valence-electron chi connectivity index (χ4n) is 5.33. The van der Waals surface area contributed by atoms with Gasteiger partial charge in [-0.2, -0.15) is 0 Å². The number of unbranched alkanes of at least 4 members (excludes halogenated alkanes) is 1. The highest BCUT2D eigenvalue weighted by Crippen LogP contribution is 2.43. The number of allylic oxidation sites excluding steroid dienone is 7. The summed E-state index contributed by atoms with van der Waals surface area (Å²) in [6, 6.07) is 7.28. The first-order chi connectivity index (χ1) is 20.9. The fraction of sp³-hybridized carbons (Fsp3) is 0.457. The number of aliphatic imine (C=N–C) groups is 1. The highest BCUT2D eigenvalue weighted by molar-refractivity contribution is 8.14. The predicted molar refractivity (Wildman–Crippen MR) is 184 cm³/mol. The maximum absolute atomic E-state index is 13.8. The van der Waals surface area contributed by atoms with Crippen LogP contribution in [0.3, 0.4) is 0 Å². The summed E-state index contributed by atoms with van der Waals surface area (Å²) in [7, 11) is 1.78. The zero-order chi connectivity index (χ0) is 32.4. The largest absolute Gasteiger partial charge is 0.399 e. The molecule has 0 spiro atoms. The summed E-state index contributed by atoms with van der Waals surface area (Å²) in [5, 5.41) is 12.1. The van der Waals surface area contributed by atoms with E-state index in [9.17, 15) is 14.7 Å². The molecule has 0 saturated carbocycles. The molecule has 0 bridgehead atoms. The standard InChI is InChI=1S/C35H49N5O3S/c1-7-9-15-29(32(42)39(6)23-21-26(8-2)31(37)41)44-34-38-30-16-10-11-22-35(30,5)33(43)40(34)25(4)14-12-13-24(3)27-17-19-28(36)20-18-27/h10-14,16-20,22,26,29-30,33,43H,3,7-9,15,21,23,36H2,1-2,4-6H3,(H2,37,41)/b13-12-,25-14+. The van der Waals surface area contributed by atoms with Crippen molar-refractivity contribution >= 4 is 40.0 Å². The lowest BCUT2D eigenvalue weighted by molar-refractivity contribution is -0.130. The van der Waals surface area contributed by atoms with Crippen molar-refractivity contribution in [3.05, 3.63) is 84.6 Å². The van der Waals surface area contributed by atoms with Gasteiger partial charge in [-0.3, -0.25) is 19.5 Å². The Labute approximate surface area is 267 Å². The zero-order valence-electron chi connectivity index (χ0n) is 26.8. The first-order valence-corrected chi connectivity index (χ1v) is 16.3. The van der Waals surface area contributed by atoms with Gasteiger partial charge >= 0.3 is 0 Å². The monoisotopic (exact) mass is 619 g/mol. The lowest BCUT2D eigenvalue weighted by atomic mass is 9.76. The Kier molecular flexibility index (Phi) is 12.7. The maximum Gasteiger partial charge on any atom is 0.235 e. The van der Waals surface area contributed by atoms with Crippen molar-refractivity contribution in [2.45, 2.75) is 77.3 Å². The Morgan fingerprint density at radius 1 is 1.23 bits per heavy atom. The number of hydrogen-bond donors (Lipinski definition) is 3. The van der Waals surface area contributed by atoms with Crippen LogP contribution in [0.2, 0.25) is 0 Å². The van der Waals surface area contributed by atoms with Crippen molar-refractivity contribution in [1.29, 1.82) is 0 Å². The minimum absolute atomic E-state index is 0.0198. The number of amidine groups is 1. The molecule has 3 rings (SSSR count). The molecule has 8 nitrogen and oxygen atoms in total. The van der Waals surface area contributed by atoms with Gasteiger partial charge in [0.25, 0.3) is 0 Å². The van der Waals surface area contributed by atoms with E-state index in [1.807, 2.05) is 92.5 Å². The van der Waals surface area contributed by atoms with Gasteiger partial charge in [-0.05, 0) is 62.5 Å². The smallest absolute Gasteiger partial charge is 0.235 e. The van der Waals surface area contributed by atoms with Gasteiger partial charge in [0.2, 0.25) is 11.8 Å². The second-order valence-electron chi connectivity index (χ2n) is 11.8. The van der Waals surface area contributed by atoms with E-state index >= 15 is 0 Å². The molecule has 1 aliphatic heterocycles. The van der Waals surface area contributed by atoms with E-state index in [1.54, 1.807) is 11.9 Å². The summed E-state index contributed by atoms with van der Waals surface area (Å²) in [5.74, 6) is -0.618. The molecule has 0 radical (unpaired) electrons. The van der Waals surface area contributed by atoms with E-state index in [0.29, 0.717) is 36.7 Å². The second-order valence-corrected chi connectivity index (χ2v) is 13.0. The number of thioether (sulfide) groups is 1. The molecule has 5 N–H and O–H groups in total. The predicted octanol–water partition coefficient (Wildman–Crippen LogP) is 5.88. The highest BCUT2D eigenvalue weighted by atomic mass is 32.2. The Bertz CT molecular complexity index is 1330. The van der Waals surface area contributed by atoms with Crippen LogP contribution in [-0.2, 0) is 9.59 Å². The van der Waals surface area contributed by atoms with Crippen molar-refractivity contribution in [1.82, 2.24) is 9.80 Å². The summed E-state index contributed by atoms with van der Waals surface area (Å²) < 4.78 is 0. The molecule has 9 heteroatoms. The Hall–Kier alpha value is -3.56. The lowest BCUT2D eigenvalue weighted by Gasteiger charge is -2.48. The number of primary amides is 1. The van der Waals surface area contributed by atoms with Gasteiger partial charge in [0.15, 0.2) is 5.17 Å². The van der Waals surface area contributed by atoms with Crippen molar-refractivity contribution in [2.75, 3.05) is 19.3 Å². The number of carbonyl (C=O) groups is 2. The number of anilines is 1. The first-order valence-electron chi connectivity index (χ1n) is 15.4. The summed E-state index contributed by atoms with van der Waals surface area (Å²) in [5.41, 5.74) is 14.0. The second kappa shape index (κ2) is 16.0. The van der Waals surface area contributed by atoms with E-state index in [4.69, 9.17) is 16.5 Å². The van der Waals surface area contributed by atoms with Crippen molar-refractivity contribution in [3.63, 3.8) is 0 Å². The van der Waals surface area contributed by atoms with E-state index in [-0.39, 0.29) is 23.8 Å². The van der Waals surface area contributed by atoms with E-state index < -0.39 is 16.9 Å². The van der Waals surface area contributed by atoms with Crippen LogP contribution in [0.5, 0.6) is 0 Å². The molecule has 1 aromatic carbocycles. The normalized spacial score (nSPS) is 22.8. The third kappa shape index (κ3) is 8.54. The van der Waals surface area contributed by atoms with Crippen LogP contribution in [0.1, 0.15) is 65.4 Å². The Morgan fingerprint density at radius 2 is 1.93 bits per heavy atom. The first kappa shape index (κ1) is 34.9. The van der Waals surface area contributed by atoms with Crippen LogP contribution < -0.4 is 11.5 Å². The molecule has 0 fully saturated rings. The number of fused-ring (bicyclic) bond motifs is 1. The number of aliphatic hydroxyl groups is 1. The van der Waals surface area contributed by atoms with Crippen LogP contribution in [0, 0.1) is 11.3 Å².